The molecule has 0 bridgehead atoms. The van der Waals surface area contributed by atoms with Gasteiger partial charge in [0.25, 0.3) is 0 Å². The maximum absolute atomic E-state index is 5.88. The van der Waals surface area contributed by atoms with Crippen LogP contribution in [0.25, 0.3) is 5.69 Å². The van der Waals surface area contributed by atoms with Crippen molar-refractivity contribution in [1.29, 1.82) is 0 Å². The van der Waals surface area contributed by atoms with Crippen LogP contribution in [0.5, 0.6) is 0 Å². The minimum absolute atomic E-state index is 0.594. The van der Waals surface area contributed by atoms with Crippen LogP contribution in [0.2, 0.25) is 0 Å². The molecule has 28 heavy (non-hydrogen) atoms. The fourth-order valence-corrected chi connectivity index (χ4v) is 4.90. The summed E-state index contributed by atoms with van der Waals surface area (Å²) in [5.41, 5.74) is 4.96. The SMILES string of the molecule is Cc1c(C)n(C2CCCC2)c(=S)n1C[NH+](C)Cc1cnn(-c2ccccc2)c1. The Morgan fingerprint density at radius 3 is 2.54 bits per heavy atom. The van der Waals surface area contributed by atoms with Crippen molar-refractivity contribution in [2.75, 3.05) is 7.05 Å². The highest BCUT2D eigenvalue weighted by molar-refractivity contribution is 7.71. The van der Waals surface area contributed by atoms with Crippen molar-refractivity contribution < 1.29 is 4.90 Å². The maximum Gasteiger partial charge on any atom is 0.184 e. The van der Waals surface area contributed by atoms with E-state index in [2.05, 4.69) is 53.5 Å². The summed E-state index contributed by atoms with van der Waals surface area (Å²) < 4.78 is 7.67. The molecular weight excluding hydrogens is 366 g/mol. The summed E-state index contributed by atoms with van der Waals surface area (Å²) in [5, 5.41) is 4.52. The summed E-state index contributed by atoms with van der Waals surface area (Å²) in [6.07, 6.45) is 9.27. The molecule has 1 atom stereocenters. The summed E-state index contributed by atoms with van der Waals surface area (Å²) >= 11 is 5.88. The lowest BCUT2D eigenvalue weighted by molar-refractivity contribution is -0.917. The predicted octanol–water partition coefficient (Wildman–Crippen LogP) is 3.61. The van der Waals surface area contributed by atoms with Gasteiger partial charge in [-0.3, -0.25) is 4.57 Å². The smallest absolute Gasteiger partial charge is 0.184 e. The Morgan fingerprint density at radius 2 is 1.82 bits per heavy atom. The molecule has 1 aliphatic rings. The molecule has 0 radical (unpaired) electrons. The number of para-hydroxylation sites is 1. The molecule has 0 aliphatic heterocycles. The Labute approximate surface area is 172 Å². The zero-order chi connectivity index (χ0) is 19.7. The zero-order valence-corrected chi connectivity index (χ0v) is 17.9. The largest absolute Gasteiger partial charge is 0.318 e. The molecule has 1 aromatic carbocycles. The summed E-state index contributed by atoms with van der Waals surface area (Å²) in [6.45, 7) is 6.22. The Bertz CT molecular complexity index is 992. The molecule has 3 aromatic rings. The quantitative estimate of drug-likeness (QED) is 0.646. The van der Waals surface area contributed by atoms with Crippen LogP contribution in [0.4, 0.5) is 0 Å². The van der Waals surface area contributed by atoms with Crippen molar-refractivity contribution in [2.45, 2.75) is 58.8 Å². The van der Waals surface area contributed by atoms with Gasteiger partial charge in [0.15, 0.2) is 11.4 Å². The Hall–Kier alpha value is -2.18. The van der Waals surface area contributed by atoms with E-state index in [0.717, 1.165) is 23.7 Å². The molecule has 148 valence electrons. The molecule has 1 aliphatic carbocycles. The monoisotopic (exact) mass is 396 g/mol. The first-order valence-electron chi connectivity index (χ1n) is 10.2. The molecule has 2 heterocycles. The lowest BCUT2D eigenvalue weighted by Gasteiger charge is -2.15. The number of aromatic nitrogens is 4. The number of nitrogens with zero attached hydrogens (tertiary/aromatic N) is 4. The van der Waals surface area contributed by atoms with E-state index in [1.165, 1.54) is 47.5 Å². The lowest BCUT2D eigenvalue weighted by Crippen LogP contribution is -3.06. The second kappa shape index (κ2) is 8.05. The van der Waals surface area contributed by atoms with Crippen LogP contribution in [0, 0.1) is 18.6 Å². The van der Waals surface area contributed by atoms with Gasteiger partial charge in [0.1, 0.15) is 6.54 Å². The molecule has 6 heteroatoms. The lowest BCUT2D eigenvalue weighted by atomic mass is 10.2. The first-order valence-corrected chi connectivity index (χ1v) is 10.6. The van der Waals surface area contributed by atoms with Crippen LogP contribution in [0.15, 0.2) is 42.7 Å². The number of nitrogens with one attached hydrogen (secondary N) is 1. The average molecular weight is 397 g/mol. The Kier molecular flexibility index (Phi) is 5.51. The Morgan fingerprint density at radius 1 is 1.11 bits per heavy atom. The van der Waals surface area contributed by atoms with Crippen LogP contribution < -0.4 is 4.90 Å². The average Bonchev–Trinajstić information content (AvgIpc) is 3.42. The van der Waals surface area contributed by atoms with Gasteiger partial charge in [-0.05, 0) is 51.0 Å². The van der Waals surface area contributed by atoms with E-state index in [-0.39, 0.29) is 0 Å². The van der Waals surface area contributed by atoms with Crippen LogP contribution in [-0.2, 0) is 13.2 Å². The van der Waals surface area contributed by atoms with Gasteiger partial charge >= 0.3 is 0 Å². The third-order valence-electron chi connectivity index (χ3n) is 6.01. The predicted molar refractivity (Wildman–Crippen MR) is 114 cm³/mol. The van der Waals surface area contributed by atoms with Crippen molar-refractivity contribution >= 4 is 12.2 Å². The van der Waals surface area contributed by atoms with Gasteiger partial charge in [-0.25, -0.2) is 4.68 Å². The number of imidazole rings is 1. The minimum atomic E-state index is 0.594. The molecule has 4 rings (SSSR count). The summed E-state index contributed by atoms with van der Waals surface area (Å²) in [4.78, 5) is 1.40. The molecule has 0 saturated heterocycles. The molecular formula is C22H30N5S+. The van der Waals surface area contributed by atoms with Crippen molar-refractivity contribution in [2.24, 2.45) is 0 Å². The van der Waals surface area contributed by atoms with Crippen molar-refractivity contribution in [3.8, 4) is 5.69 Å². The second-order valence-electron chi connectivity index (χ2n) is 8.11. The molecule has 0 amide bonds. The van der Waals surface area contributed by atoms with E-state index in [4.69, 9.17) is 12.2 Å². The Balaban J connectivity index is 1.49. The topological polar surface area (TPSA) is 32.1 Å². The molecule has 5 nitrogen and oxygen atoms in total. The second-order valence-corrected chi connectivity index (χ2v) is 8.48. The van der Waals surface area contributed by atoms with Crippen LogP contribution in [0.1, 0.15) is 48.7 Å². The van der Waals surface area contributed by atoms with Crippen LogP contribution in [0.3, 0.4) is 0 Å². The third-order valence-corrected chi connectivity index (χ3v) is 6.42. The molecule has 1 saturated carbocycles. The van der Waals surface area contributed by atoms with Crippen molar-refractivity contribution in [3.63, 3.8) is 0 Å². The van der Waals surface area contributed by atoms with Crippen molar-refractivity contribution in [3.05, 3.63) is 64.4 Å². The van der Waals surface area contributed by atoms with Crippen LogP contribution in [-0.4, -0.2) is 26.0 Å². The highest BCUT2D eigenvalue weighted by Gasteiger charge is 2.23. The van der Waals surface area contributed by atoms with E-state index in [0.29, 0.717) is 6.04 Å². The fraction of sp³-hybridized carbons (Fsp3) is 0.455. The first-order chi connectivity index (χ1) is 13.5. The first kappa shape index (κ1) is 19.2. The molecule has 1 unspecified atom stereocenters. The van der Waals surface area contributed by atoms with Gasteiger partial charge in [-0.15, -0.1) is 0 Å². The molecule has 2 aromatic heterocycles. The minimum Gasteiger partial charge on any atom is -0.318 e. The van der Waals surface area contributed by atoms with Gasteiger partial charge in [0, 0.05) is 29.2 Å². The number of quaternary nitrogens is 1. The van der Waals surface area contributed by atoms with Crippen LogP contribution >= 0.6 is 12.2 Å². The summed E-state index contributed by atoms with van der Waals surface area (Å²) in [5.74, 6) is 0. The van der Waals surface area contributed by atoms with Crippen molar-refractivity contribution in [1.82, 2.24) is 18.9 Å². The normalized spacial score (nSPS) is 16.0. The van der Waals surface area contributed by atoms with E-state index in [1.807, 2.05) is 29.1 Å². The standard InChI is InChI=1S/C22H29N5S/c1-17-18(2)27(21-11-7-8-12-21)22(28)25(17)16-24(3)14-19-13-23-26(15-19)20-9-5-4-6-10-20/h4-6,9-10,13,15,21H,7-8,11-12,14,16H2,1-3H3/p+1. The number of rotatable bonds is 6. The van der Waals surface area contributed by atoms with Gasteiger partial charge in [0.05, 0.1) is 18.9 Å². The van der Waals surface area contributed by atoms with E-state index >= 15 is 0 Å². The maximum atomic E-state index is 5.88. The molecule has 0 spiro atoms. The number of benzene rings is 1. The highest BCUT2D eigenvalue weighted by atomic mass is 32.1. The highest BCUT2D eigenvalue weighted by Crippen LogP contribution is 2.32. The number of hydrogen-bond acceptors (Lipinski definition) is 2. The number of hydrogen-bond donors (Lipinski definition) is 1. The summed E-state index contributed by atoms with van der Waals surface area (Å²) in [6, 6.07) is 10.8. The van der Waals surface area contributed by atoms with E-state index < -0.39 is 0 Å². The van der Waals surface area contributed by atoms with Gasteiger partial charge in [-0.2, -0.15) is 5.10 Å². The van der Waals surface area contributed by atoms with E-state index in [1.54, 1.807) is 0 Å². The van der Waals surface area contributed by atoms with Gasteiger partial charge < -0.3 is 9.47 Å². The van der Waals surface area contributed by atoms with Gasteiger partial charge in [-0.1, -0.05) is 31.0 Å². The zero-order valence-electron chi connectivity index (χ0n) is 17.1. The van der Waals surface area contributed by atoms with Gasteiger partial charge in [0.2, 0.25) is 0 Å². The molecule has 1 N–H and O–H groups in total. The fourth-order valence-electron chi connectivity index (χ4n) is 4.41. The molecule has 1 fully saturated rings. The third kappa shape index (κ3) is 3.71. The van der Waals surface area contributed by atoms with E-state index in [9.17, 15) is 0 Å². The summed E-state index contributed by atoms with van der Waals surface area (Å²) in [7, 11) is 2.23.